The quantitative estimate of drug-likeness (QED) is 0.809. The fourth-order valence-corrected chi connectivity index (χ4v) is 2.39. The van der Waals surface area contributed by atoms with Gasteiger partial charge in [0.05, 0.1) is 11.6 Å². The Balaban J connectivity index is 1.96. The van der Waals surface area contributed by atoms with Crippen LogP contribution in [0.15, 0.2) is 48.5 Å². The second-order valence-electron chi connectivity index (χ2n) is 6.22. The van der Waals surface area contributed by atoms with E-state index in [1.807, 2.05) is 0 Å². The molecule has 0 aliphatic carbocycles. The van der Waals surface area contributed by atoms with Gasteiger partial charge in [0, 0.05) is 17.8 Å². The summed E-state index contributed by atoms with van der Waals surface area (Å²) in [6.45, 7) is 2.00. The first-order valence-electron chi connectivity index (χ1n) is 8.15. The summed E-state index contributed by atoms with van der Waals surface area (Å²) >= 11 is 0. The molecule has 2 aromatic carbocycles. The lowest BCUT2D eigenvalue weighted by Gasteiger charge is -2.24. The summed E-state index contributed by atoms with van der Waals surface area (Å²) in [5.41, 5.74) is 5.97. The molecule has 144 valence electrons. The van der Waals surface area contributed by atoms with E-state index < -0.39 is 23.7 Å². The lowest BCUT2D eigenvalue weighted by Crippen LogP contribution is -2.39. The maximum absolute atomic E-state index is 12.6. The van der Waals surface area contributed by atoms with Crippen molar-refractivity contribution >= 4 is 17.5 Å². The molecule has 2 rings (SSSR count). The highest BCUT2D eigenvalue weighted by Crippen LogP contribution is 2.29. The van der Waals surface area contributed by atoms with Crippen LogP contribution in [0.25, 0.3) is 0 Å². The SMILES string of the molecule is C[C@H](C(=O)Nc1ccc(C(N)=O)cc1)N(C)Cc1ccc(C(F)(F)F)cc1. The Labute approximate surface area is 155 Å². The molecule has 27 heavy (non-hydrogen) atoms. The monoisotopic (exact) mass is 379 g/mol. The summed E-state index contributed by atoms with van der Waals surface area (Å²) in [5, 5.41) is 2.72. The van der Waals surface area contributed by atoms with Gasteiger partial charge in [0.1, 0.15) is 0 Å². The average Bonchev–Trinajstić information content (AvgIpc) is 2.61. The van der Waals surface area contributed by atoms with Gasteiger partial charge in [-0.25, -0.2) is 0 Å². The third-order valence-corrected chi connectivity index (χ3v) is 4.19. The maximum Gasteiger partial charge on any atom is 0.416 e. The summed E-state index contributed by atoms with van der Waals surface area (Å²) in [6.07, 6.45) is -4.37. The molecule has 0 saturated heterocycles. The Morgan fingerprint density at radius 2 is 1.63 bits per heavy atom. The van der Waals surface area contributed by atoms with Crippen molar-refractivity contribution in [3.05, 3.63) is 65.2 Å². The number of nitrogens with two attached hydrogens (primary N) is 1. The van der Waals surface area contributed by atoms with Gasteiger partial charge in [-0.3, -0.25) is 14.5 Å². The van der Waals surface area contributed by atoms with Gasteiger partial charge in [0.15, 0.2) is 0 Å². The lowest BCUT2D eigenvalue weighted by molar-refractivity contribution is -0.137. The Bertz CT molecular complexity index is 802. The van der Waals surface area contributed by atoms with Gasteiger partial charge in [0.25, 0.3) is 0 Å². The molecular weight excluding hydrogens is 359 g/mol. The van der Waals surface area contributed by atoms with E-state index in [4.69, 9.17) is 5.73 Å². The molecule has 0 spiro atoms. The Morgan fingerprint density at radius 1 is 1.07 bits per heavy atom. The van der Waals surface area contributed by atoms with Crippen molar-refractivity contribution in [3.8, 4) is 0 Å². The van der Waals surface area contributed by atoms with E-state index in [0.717, 1.165) is 12.1 Å². The van der Waals surface area contributed by atoms with E-state index in [-0.39, 0.29) is 5.91 Å². The zero-order chi connectivity index (χ0) is 20.2. The Kier molecular flexibility index (Phi) is 6.22. The summed E-state index contributed by atoms with van der Waals surface area (Å²) < 4.78 is 37.8. The van der Waals surface area contributed by atoms with Crippen LogP contribution < -0.4 is 11.1 Å². The van der Waals surface area contributed by atoms with E-state index in [1.54, 1.807) is 31.0 Å². The third kappa shape index (κ3) is 5.55. The van der Waals surface area contributed by atoms with Gasteiger partial charge in [0.2, 0.25) is 11.8 Å². The molecule has 0 aromatic heterocycles. The van der Waals surface area contributed by atoms with Crippen LogP contribution in [0.1, 0.15) is 28.4 Å². The normalized spacial score (nSPS) is 12.7. The molecular formula is C19H20F3N3O2. The highest BCUT2D eigenvalue weighted by atomic mass is 19.4. The van der Waals surface area contributed by atoms with E-state index in [2.05, 4.69) is 5.32 Å². The predicted molar refractivity (Wildman–Crippen MR) is 96.0 cm³/mol. The van der Waals surface area contributed by atoms with Crippen LogP contribution >= 0.6 is 0 Å². The first kappa shape index (κ1) is 20.4. The van der Waals surface area contributed by atoms with Crippen LogP contribution in [0, 0.1) is 0 Å². The van der Waals surface area contributed by atoms with Crippen molar-refractivity contribution in [3.63, 3.8) is 0 Å². The van der Waals surface area contributed by atoms with E-state index in [0.29, 0.717) is 23.4 Å². The zero-order valence-electron chi connectivity index (χ0n) is 14.9. The number of nitrogens with zero attached hydrogens (tertiary/aromatic N) is 1. The molecule has 0 aliphatic rings. The lowest BCUT2D eigenvalue weighted by atomic mass is 10.1. The number of hydrogen-bond acceptors (Lipinski definition) is 3. The summed E-state index contributed by atoms with van der Waals surface area (Å²) in [7, 11) is 1.71. The zero-order valence-corrected chi connectivity index (χ0v) is 14.9. The van der Waals surface area contributed by atoms with E-state index in [9.17, 15) is 22.8 Å². The number of rotatable bonds is 6. The van der Waals surface area contributed by atoms with Crippen LogP contribution in [-0.2, 0) is 17.5 Å². The van der Waals surface area contributed by atoms with Gasteiger partial charge in [-0.05, 0) is 55.9 Å². The molecule has 0 unspecified atom stereocenters. The molecule has 0 bridgehead atoms. The average molecular weight is 379 g/mol. The fraction of sp³-hybridized carbons (Fsp3) is 0.263. The first-order valence-corrected chi connectivity index (χ1v) is 8.15. The van der Waals surface area contributed by atoms with E-state index >= 15 is 0 Å². The van der Waals surface area contributed by atoms with Gasteiger partial charge in [-0.15, -0.1) is 0 Å². The number of hydrogen-bond donors (Lipinski definition) is 2. The van der Waals surface area contributed by atoms with Crippen LogP contribution in [-0.4, -0.2) is 29.8 Å². The number of amides is 2. The number of carbonyl (C=O) groups excluding carboxylic acids is 2. The minimum absolute atomic E-state index is 0.281. The summed E-state index contributed by atoms with van der Waals surface area (Å²) in [5.74, 6) is -0.839. The van der Waals surface area contributed by atoms with Crippen molar-refractivity contribution in [2.45, 2.75) is 25.7 Å². The van der Waals surface area contributed by atoms with Crippen molar-refractivity contribution < 1.29 is 22.8 Å². The standard InChI is InChI=1S/C19H20F3N3O2/c1-12(18(27)24-16-9-5-14(6-10-16)17(23)26)25(2)11-13-3-7-15(8-4-13)19(20,21)22/h3-10,12H,11H2,1-2H3,(H2,23,26)(H,24,27)/t12-/m1/s1. The molecule has 2 amide bonds. The fourth-order valence-electron chi connectivity index (χ4n) is 2.39. The van der Waals surface area contributed by atoms with Gasteiger partial charge >= 0.3 is 6.18 Å². The number of likely N-dealkylation sites (N-methyl/N-ethyl adjacent to an activating group) is 1. The van der Waals surface area contributed by atoms with Crippen molar-refractivity contribution in [1.29, 1.82) is 0 Å². The predicted octanol–water partition coefficient (Wildman–Crippen LogP) is 3.26. The molecule has 0 aliphatic heterocycles. The molecule has 3 N–H and O–H groups in total. The molecule has 1 atom stereocenters. The number of alkyl halides is 3. The molecule has 5 nitrogen and oxygen atoms in total. The van der Waals surface area contributed by atoms with Crippen LogP contribution in [0.5, 0.6) is 0 Å². The molecule has 0 radical (unpaired) electrons. The Hall–Kier alpha value is -2.87. The topological polar surface area (TPSA) is 75.4 Å². The second kappa shape index (κ2) is 8.22. The highest BCUT2D eigenvalue weighted by Gasteiger charge is 2.30. The van der Waals surface area contributed by atoms with E-state index in [1.165, 1.54) is 24.3 Å². The Morgan fingerprint density at radius 3 is 2.11 bits per heavy atom. The minimum Gasteiger partial charge on any atom is -0.366 e. The number of halogens is 3. The smallest absolute Gasteiger partial charge is 0.366 e. The molecule has 0 fully saturated rings. The number of anilines is 1. The van der Waals surface area contributed by atoms with Crippen LogP contribution in [0.4, 0.5) is 18.9 Å². The van der Waals surface area contributed by atoms with Gasteiger partial charge in [-0.1, -0.05) is 12.1 Å². The van der Waals surface area contributed by atoms with Crippen molar-refractivity contribution in [2.24, 2.45) is 5.73 Å². The van der Waals surface area contributed by atoms with Crippen LogP contribution in [0.2, 0.25) is 0 Å². The van der Waals surface area contributed by atoms with Crippen molar-refractivity contribution in [1.82, 2.24) is 4.90 Å². The molecule has 0 saturated carbocycles. The third-order valence-electron chi connectivity index (χ3n) is 4.19. The summed E-state index contributed by atoms with van der Waals surface area (Å²) in [4.78, 5) is 25.1. The maximum atomic E-state index is 12.6. The largest absolute Gasteiger partial charge is 0.416 e. The van der Waals surface area contributed by atoms with Gasteiger partial charge < -0.3 is 11.1 Å². The van der Waals surface area contributed by atoms with Crippen molar-refractivity contribution in [2.75, 3.05) is 12.4 Å². The molecule has 0 heterocycles. The highest BCUT2D eigenvalue weighted by molar-refractivity contribution is 5.96. The summed E-state index contributed by atoms with van der Waals surface area (Å²) in [6, 6.07) is 10.5. The van der Waals surface area contributed by atoms with Gasteiger partial charge in [-0.2, -0.15) is 13.2 Å². The number of carbonyl (C=O) groups is 2. The minimum atomic E-state index is -4.37. The second-order valence-corrected chi connectivity index (χ2v) is 6.22. The molecule has 2 aromatic rings. The first-order chi connectivity index (χ1) is 12.6. The number of nitrogens with one attached hydrogen (secondary N) is 1. The molecule has 8 heteroatoms. The van der Waals surface area contributed by atoms with Crippen LogP contribution in [0.3, 0.4) is 0 Å². The number of primary amides is 1. The number of benzene rings is 2.